The summed E-state index contributed by atoms with van der Waals surface area (Å²) in [6.45, 7) is 7.51. The van der Waals surface area contributed by atoms with E-state index < -0.39 is 5.82 Å². The van der Waals surface area contributed by atoms with E-state index in [1.165, 1.54) is 24.3 Å². The van der Waals surface area contributed by atoms with Gasteiger partial charge in [-0.15, -0.1) is 11.3 Å². The number of hydrogen-bond donors (Lipinski definition) is 0. The lowest BCUT2D eigenvalue weighted by Crippen LogP contribution is -2.44. The van der Waals surface area contributed by atoms with E-state index in [-0.39, 0.29) is 31.1 Å². The van der Waals surface area contributed by atoms with Crippen LogP contribution in [0.5, 0.6) is 11.5 Å². The molecule has 2 aromatic carbocycles. The van der Waals surface area contributed by atoms with Crippen molar-refractivity contribution in [2.45, 2.75) is 40.3 Å². The number of carbonyl (C=O) groups is 2. The maximum absolute atomic E-state index is 13.7. The van der Waals surface area contributed by atoms with Crippen molar-refractivity contribution in [2.24, 2.45) is 5.92 Å². The van der Waals surface area contributed by atoms with E-state index in [1.54, 1.807) is 21.1 Å². The van der Waals surface area contributed by atoms with Crippen LogP contribution in [0.2, 0.25) is 0 Å². The van der Waals surface area contributed by atoms with Crippen molar-refractivity contribution in [1.29, 1.82) is 0 Å². The molecule has 0 saturated heterocycles. The van der Waals surface area contributed by atoms with Crippen LogP contribution in [-0.2, 0) is 17.9 Å². The second-order valence-electron chi connectivity index (χ2n) is 9.17. The third kappa shape index (κ3) is 6.23. The fraction of sp³-hybridized carbons (Fsp3) is 0.357. The summed E-state index contributed by atoms with van der Waals surface area (Å²) in [5.74, 6) is 0.729. The molecule has 0 fully saturated rings. The second-order valence-corrected chi connectivity index (χ2v) is 10.2. The number of ether oxygens (including phenoxy) is 2. The normalized spacial score (nSPS) is 12.9. The fourth-order valence-electron chi connectivity index (χ4n) is 3.99. The van der Waals surface area contributed by atoms with Crippen LogP contribution < -0.4 is 9.47 Å². The molecule has 0 aliphatic carbocycles. The maximum Gasteiger partial charge on any atom is 0.254 e. The van der Waals surface area contributed by atoms with Gasteiger partial charge in [-0.1, -0.05) is 26.3 Å². The van der Waals surface area contributed by atoms with Crippen LogP contribution in [0.1, 0.15) is 46.6 Å². The molecular formula is C28H31FN2O4S. The minimum Gasteiger partial charge on any atom is -0.454 e. The van der Waals surface area contributed by atoms with Gasteiger partial charge < -0.3 is 19.3 Å². The standard InChI is InChI=1S/C28H31FN2O4S/c1-4-19(2)14-31(28(33)22-6-8-23(29)9-7-22)17-27(32)30(16-26-20(3)11-12-36-26)15-21-5-10-24-25(13-21)35-18-34-24/h5-13,19H,4,14-18H2,1-3H3. The number of hydrogen-bond acceptors (Lipinski definition) is 5. The lowest BCUT2D eigenvalue weighted by atomic mass is 10.1. The number of thiophene rings is 1. The Morgan fingerprint density at radius 2 is 1.78 bits per heavy atom. The van der Waals surface area contributed by atoms with Crippen molar-refractivity contribution < 1.29 is 23.5 Å². The first-order valence-corrected chi connectivity index (χ1v) is 13.0. The summed E-state index contributed by atoms with van der Waals surface area (Å²) >= 11 is 1.61. The van der Waals surface area contributed by atoms with Gasteiger partial charge in [0.2, 0.25) is 12.7 Å². The van der Waals surface area contributed by atoms with E-state index in [0.717, 1.165) is 22.4 Å². The Morgan fingerprint density at radius 3 is 2.47 bits per heavy atom. The Bertz CT molecular complexity index is 1210. The highest BCUT2D eigenvalue weighted by Crippen LogP contribution is 2.33. The van der Waals surface area contributed by atoms with Gasteiger partial charge in [0.05, 0.1) is 6.54 Å². The van der Waals surface area contributed by atoms with Gasteiger partial charge in [-0.05, 0) is 71.8 Å². The van der Waals surface area contributed by atoms with Gasteiger partial charge in [0.25, 0.3) is 5.91 Å². The number of nitrogens with zero attached hydrogens (tertiary/aromatic N) is 2. The number of rotatable bonds is 10. The molecule has 0 bridgehead atoms. The molecule has 3 aromatic rings. The number of aryl methyl sites for hydroxylation is 1. The Morgan fingerprint density at radius 1 is 1.03 bits per heavy atom. The first-order chi connectivity index (χ1) is 17.3. The summed E-state index contributed by atoms with van der Waals surface area (Å²) in [5.41, 5.74) is 2.41. The molecule has 0 saturated carbocycles. The van der Waals surface area contributed by atoms with Gasteiger partial charge in [0.1, 0.15) is 12.4 Å². The first-order valence-electron chi connectivity index (χ1n) is 12.1. The molecule has 6 nitrogen and oxygen atoms in total. The van der Waals surface area contributed by atoms with Crippen LogP contribution in [-0.4, -0.2) is 41.5 Å². The van der Waals surface area contributed by atoms with E-state index in [1.807, 2.05) is 36.6 Å². The van der Waals surface area contributed by atoms with Crippen LogP contribution in [0.3, 0.4) is 0 Å². The average Bonchev–Trinajstić information content (AvgIpc) is 3.51. The molecule has 0 spiro atoms. The fourth-order valence-corrected chi connectivity index (χ4v) is 4.92. The van der Waals surface area contributed by atoms with Crippen molar-refractivity contribution in [1.82, 2.24) is 9.80 Å². The van der Waals surface area contributed by atoms with Crippen molar-refractivity contribution in [3.63, 3.8) is 0 Å². The van der Waals surface area contributed by atoms with E-state index in [4.69, 9.17) is 9.47 Å². The molecule has 2 heterocycles. The molecular weight excluding hydrogens is 479 g/mol. The molecule has 1 aliphatic rings. The van der Waals surface area contributed by atoms with Crippen molar-refractivity contribution in [2.75, 3.05) is 19.9 Å². The van der Waals surface area contributed by atoms with E-state index in [0.29, 0.717) is 36.7 Å². The number of amides is 2. The van der Waals surface area contributed by atoms with Crippen LogP contribution in [0.25, 0.3) is 0 Å². The molecule has 0 radical (unpaired) electrons. The zero-order valence-electron chi connectivity index (χ0n) is 20.8. The molecule has 1 aliphatic heterocycles. The number of carbonyl (C=O) groups excluding carboxylic acids is 2. The van der Waals surface area contributed by atoms with Crippen LogP contribution in [0, 0.1) is 18.7 Å². The monoisotopic (exact) mass is 510 g/mol. The van der Waals surface area contributed by atoms with Gasteiger partial charge in [0, 0.05) is 23.5 Å². The Hall–Kier alpha value is -3.39. The molecule has 36 heavy (non-hydrogen) atoms. The van der Waals surface area contributed by atoms with Crippen LogP contribution >= 0.6 is 11.3 Å². The summed E-state index contributed by atoms with van der Waals surface area (Å²) in [6, 6.07) is 13.2. The predicted octanol–water partition coefficient (Wildman–Crippen LogP) is 5.64. The van der Waals surface area contributed by atoms with Crippen molar-refractivity contribution >= 4 is 23.2 Å². The quantitative estimate of drug-likeness (QED) is 0.354. The molecule has 0 N–H and O–H groups in total. The summed E-state index contributed by atoms with van der Waals surface area (Å²) in [6.07, 6.45) is 0.872. The minimum atomic E-state index is -0.405. The second kappa shape index (κ2) is 11.6. The molecule has 2 amide bonds. The smallest absolute Gasteiger partial charge is 0.254 e. The van der Waals surface area contributed by atoms with Crippen LogP contribution in [0.4, 0.5) is 4.39 Å². The maximum atomic E-state index is 13.7. The van der Waals surface area contributed by atoms with Gasteiger partial charge in [-0.3, -0.25) is 9.59 Å². The highest BCUT2D eigenvalue weighted by atomic mass is 32.1. The lowest BCUT2D eigenvalue weighted by Gasteiger charge is -2.29. The Kier molecular flexibility index (Phi) is 8.25. The largest absolute Gasteiger partial charge is 0.454 e. The summed E-state index contributed by atoms with van der Waals surface area (Å²) < 4.78 is 24.4. The number of benzene rings is 2. The topological polar surface area (TPSA) is 59.1 Å². The van der Waals surface area contributed by atoms with E-state index in [9.17, 15) is 14.0 Å². The average molecular weight is 511 g/mol. The number of fused-ring (bicyclic) bond motifs is 1. The van der Waals surface area contributed by atoms with Crippen molar-refractivity contribution in [3.05, 3.63) is 81.3 Å². The third-order valence-corrected chi connectivity index (χ3v) is 7.41. The highest BCUT2D eigenvalue weighted by Gasteiger charge is 2.25. The predicted molar refractivity (Wildman–Crippen MR) is 138 cm³/mol. The summed E-state index contributed by atoms with van der Waals surface area (Å²) in [7, 11) is 0. The Balaban J connectivity index is 1.57. The SMILES string of the molecule is CCC(C)CN(CC(=O)N(Cc1ccc2c(c1)OCO2)Cc1sccc1C)C(=O)c1ccc(F)cc1. The third-order valence-electron chi connectivity index (χ3n) is 6.40. The zero-order chi connectivity index (χ0) is 25.7. The van der Waals surface area contributed by atoms with Gasteiger partial charge in [0.15, 0.2) is 11.5 Å². The molecule has 1 atom stereocenters. The number of halogens is 1. The summed E-state index contributed by atoms with van der Waals surface area (Å²) in [5, 5.41) is 2.02. The zero-order valence-corrected chi connectivity index (χ0v) is 21.6. The Labute approximate surface area is 215 Å². The van der Waals surface area contributed by atoms with Crippen molar-refractivity contribution in [3.8, 4) is 11.5 Å². The molecule has 4 rings (SSSR count). The van der Waals surface area contributed by atoms with E-state index in [2.05, 4.69) is 13.8 Å². The van der Waals surface area contributed by atoms with Gasteiger partial charge in [-0.25, -0.2) is 4.39 Å². The first kappa shape index (κ1) is 25.7. The van der Waals surface area contributed by atoms with Gasteiger partial charge >= 0.3 is 0 Å². The molecule has 190 valence electrons. The molecule has 8 heteroatoms. The summed E-state index contributed by atoms with van der Waals surface area (Å²) in [4.78, 5) is 31.5. The molecule has 1 unspecified atom stereocenters. The lowest BCUT2D eigenvalue weighted by molar-refractivity contribution is -0.133. The van der Waals surface area contributed by atoms with Gasteiger partial charge in [-0.2, -0.15) is 0 Å². The van der Waals surface area contributed by atoms with E-state index >= 15 is 0 Å². The minimum absolute atomic E-state index is 0.0600. The highest BCUT2D eigenvalue weighted by molar-refractivity contribution is 7.10. The molecule has 1 aromatic heterocycles. The van der Waals surface area contributed by atoms with Crippen LogP contribution in [0.15, 0.2) is 53.9 Å².